The van der Waals surface area contributed by atoms with E-state index in [0.717, 1.165) is 50.7 Å². The molecule has 35 heavy (non-hydrogen) atoms. The van der Waals surface area contributed by atoms with Gasteiger partial charge in [0.25, 0.3) is 0 Å². The molecule has 7 nitrogen and oxygen atoms in total. The molecule has 9 heteroatoms. The highest BCUT2D eigenvalue weighted by atomic mass is 19.1. The number of hydrogen-bond donors (Lipinski definition) is 1. The molecular formula is C26H33F2N3O4. The second-order valence-corrected chi connectivity index (χ2v) is 9.53. The Morgan fingerprint density at radius 3 is 2.31 bits per heavy atom. The maximum atomic E-state index is 14.9. The summed E-state index contributed by atoms with van der Waals surface area (Å²) in [5.41, 5.74) is 0.780. The third-order valence-corrected chi connectivity index (χ3v) is 7.12. The second kappa shape index (κ2) is 11.7. The van der Waals surface area contributed by atoms with Crippen LogP contribution in [0.3, 0.4) is 0 Å². The number of nitrogens with one attached hydrogen (secondary N) is 1. The van der Waals surface area contributed by atoms with Crippen molar-refractivity contribution in [3.63, 3.8) is 0 Å². The molecule has 0 radical (unpaired) electrons. The lowest BCUT2D eigenvalue weighted by molar-refractivity contribution is -0.121. The first-order chi connectivity index (χ1) is 16.9. The zero-order valence-corrected chi connectivity index (χ0v) is 20.2. The molecule has 2 aromatic rings. The molecule has 0 spiro atoms. The molecule has 1 aliphatic heterocycles. The highest BCUT2D eigenvalue weighted by Crippen LogP contribution is 2.33. The minimum Gasteiger partial charge on any atom is -0.378 e. The van der Waals surface area contributed by atoms with E-state index >= 15 is 0 Å². The Kier molecular flexibility index (Phi) is 8.49. The number of carbonyl (C=O) groups is 2. The van der Waals surface area contributed by atoms with E-state index < -0.39 is 23.5 Å². The number of aromatic nitrogens is 1. The zero-order chi connectivity index (χ0) is 24.8. The summed E-state index contributed by atoms with van der Waals surface area (Å²) in [5, 5.41) is 6.47. The minimum absolute atomic E-state index is 0.00458. The summed E-state index contributed by atoms with van der Waals surface area (Å²) < 4.78 is 40.0. The van der Waals surface area contributed by atoms with Crippen molar-refractivity contribution >= 4 is 23.1 Å². The smallest absolute Gasteiger partial charge is 0.228 e. The molecule has 1 saturated heterocycles. The molecule has 1 amide bonds. The van der Waals surface area contributed by atoms with Gasteiger partial charge in [-0.3, -0.25) is 9.59 Å². The molecule has 190 valence electrons. The Bertz CT molecular complexity index is 1000. The fourth-order valence-corrected chi connectivity index (χ4v) is 5.19. The van der Waals surface area contributed by atoms with Crippen molar-refractivity contribution in [2.24, 2.45) is 11.8 Å². The first kappa shape index (κ1) is 25.3. The van der Waals surface area contributed by atoms with Gasteiger partial charge in [0.15, 0.2) is 17.4 Å². The van der Waals surface area contributed by atoms with E-state index in [2.05, 4.69) is 10.5 Å². The number of halogens is 2. The molecule has 1 aromatic heterocycles. The maximum absolute atomic E-state index is 14.9. The minimum atomic E-state index is -0.735. The standard InChI is InChI=1S/C26H33F2N3O4/c1-17-21(16-35-30-17)24(32)15-20(18-7-5-3-2-4-6-8-18)26(33)29-19-13-22(27)25(23(28)14-19)31-9-11-34-12-10-31/h13-14,16,18,20H,2-12,15H2,1H3,(H,29,33). The van der Waals surface area contributed by atoms with Gasteiger partial charge in [0, 0.05) is 31.1 Å². The van der Waals surface area contributed by atoms with Gasteiger partial charge in [0.05, 0.1) is 24.5 Å². The second-order valence-electron chi connectivity index (χ2n) is 9.53. The van der Waals surface area contributed by atoms with E-state index in [1.807, 2.05) is 0 Å². The zero-order valence-electron chi connectivity index (χ0n) is 20.2. The summed E-state index contributed by atoms with van der Waals surface area (Å²) in [6.45, 7) is 3.28. The van der Waals surface area contributed by atoms with Gasteiger partial charge in [-0.1, -0.05) is 37.3 Å². The molecular weight excluding hydrogens is 456 g/mol. The van der Waals surface area contributed by atoms with E-state index in [9.17, 15) is 18.4 Å². The summed E-state index contributed by atoms with van der Waals surface area (Å²) in [6, 6.07) is 2.29. The third-order valence-electron chi connectivity index (χ3n) is 7.12. The van der Waals surface area contributed by atoms with Crippen LogP contribution in [0.5, 0.6) is 0 Å². The van der Waals surface area contributed by atoms with Gasteiger partial charge < -0.3 is 19.5 Å². The van der Waals surface area contributed by atoms with Gasteiger partial charge in [-0.05, 0) is 37.8 Å². The van der Waals surface area contributed by atoms with E-state index in [0.29, 0.717) is 37.6 Å². The number of rotatable bonds is 7. The fraction of sp³-hybridized carbons (Fsp3) is 0.577. The predicted molar refractivity (Wildman–Crippen MR) is 128 cm³/mol. The number of benzene rings is 1. The quantitative estimate of drug-likeness (QED) is 0.533. The lowest BCUT2D eigenvalue weighted by atomic mass is 9.78. The van der Waals surface area contributed by atoms with Gasteiger partial charge in [0.2, 0.25) is 5.91 Å². The van der Waals surface area contributed by atoms with Gasteiger partial charge >= 0.3 is 0 Å². The SMILES string of the molecule is Cc1nocc1C(=O)CC(C(=O)Nc1cc(F)c(N2CCOCC2)c(F)c1)C1CCCCCCC1. The van der Waals surface area contributed by atoms with Crippen LogP contribution in [0.2, 0.25) is 0 Å². The molecule has 1 aliphatic carbocycles. The molecule has 1 unspecified atom stereocenters. The molecule has 1 saturated carbocycles. The number of anilines is 2. The number of Topliss-reactive ketones (excluding diaryl/α,β-unsaturated/α-hetero) is 1. The van der Waals surface area contributed by atoms with Crippen molar-refractivity contribution in [1.82, 2.24) is 5.16 Å². The van der Waals surface area contributed by atoms with Crippen LogP contribution in [-0.4, -0.2) is 43.2 Å². The highest BCUT2D eigenvalue weighted by Gasteiger charge is 2.32. The van der Waals surface area contributed by atoms with E-state index in [4.69, 9.17) is 9.26 Å². The number of aryl methyl sites for hydroxylation is 1. The van der Waals surface area contributed by atoms with Crippen molar-refractivity contribution in [2.45, 2.75) is 58.3 Å². The summed E-state index contributed by atoms with van der Waals surface area (Å²) in [7, 11) is 0. The fourth-order valence-electron chi connectivity index (χ4n) is 5.19. The van der Waals surface area contributed by atoms with Crippen molar-refractivity contribution in [3.8, 4) is 0 Å². The molecule has 2 aliphatic rings. The van der Waals surface area contributed by atoms with E-state index in [-0.39, 0.29) is 29.5 Å². The van der Waals surface area contributed by atoms with Crippen LogP contribution in [0.25, 0.3) is 0 Å². The lowest BCUT2D eigenvalue weighted by Crippen LogP contribution is -2.37. The maximum Gasteiger partial charge on any atom is 0.228 e. The van der Waals surface area contributed by atoms with Gasteiger partial charge in [-0.25, -0.2) is 8.78 Å². The molecule has 0 bridgehead atoms. The Morgan fingerprint density at radius 1 is 1.09 bits per heavy atom. The number of nitrogens with zero attached hydrogens (tertiary/aromatic N) is 2. The largest absolute Gasteiger partial charge is 0.378 e. The third kappa shape index (κ3) is 6.25. The molecule has 2 heterocycles. The number of hydrogen-bond acceptors (Lipinski definition) is 6. The number of ether oxygens (including phenoxy) is 1. The van der Waals surface area contributed by atoms with E-state index in [1.165, 1.54) is 12.7 Å². The molecule has 1 N–H and O–H groups in total. The van der Waals surface area contributed by atoms with Crippen LogP contribution in [-0.2, 0) is 9.53 Å². The van der Waals surface area contributed by atoms with Crippen LogP contribution in [0.1, 0.15) is 67.4 Å². The van der Waals surface area contributed by atoms with E-state index in [1.54, 1.807) is 11.8 Å². The number of ketones is 1. The van der Waals surface area contributed by atoms with Crippen LogP contribution in [0, 0.1) is 30.4 Å². The van der Waals surface area contributed by atoms with Crippen LogP contribution in [0.15, 0.2) is 22.9 Å². The summed E-state index contributed by atoms with van der Waals surface area (Å²) in [6.07, 6.45) is 8.34. The summed E-state index contributed by atoms with van der Waals surface area (Å²) in [4.78, 5) is 28.0. The van der Waals surface area contributed by atoms with Crippen molar-refractivity contribution in [3.05, 3.63) is 41.3 Å². The molecule has 4 rings (SSSR count). The van der Waals surface area contributed by atoms with Crippen molar-refractivity contribution in [2.75, 3.05) is 36.5 Å². The summed E-state index contributed by atoms with van der Waals surface area (Å²) >= 11 is 0. The topological polar surface area (TPSA) is 84.7 Å². The number of carbonyl (C=O) groups excluding carboxylic acids is 2. The lowest BCUT2D eigenvalue weighted by Gasteiger charge is -2.30. The number of morpholine rings is 1. The Morgan fingerprint density at radius 2 is 1.71 bits per heavy atom. The predicted octanol–water partition coefficient (Wildman–Crippen LogP) is 5.29. The van der Waals surface area contributed by atoms with Gasteiger partial charge in [-0.2, -0.15) is 0 Å². The Hall–Kier alpha value is -2.81. The summed E-state index contributed by atoms with van der Waals surface area (Å²) in [5.74, 6) is -2.68. The Balaban J connectivity index is 1.54. The Labute approximate surface area is 204 Å². The molecule has 1 aromatic carbocycles. The molecule has 2 fully saturated rings. The first-order valence-corrected chi connectivity index (χ1v) is 12.5. The van der Waals surface area contributed by atoms with Gasteiger partial charge in [0.1, 0.15) is 12.0 Å². The van der Waals surface area contributed by atoms with Crippen LogP contribution in [0.4, 0.5) is 20.2 Å². The number of amides is 1. The normalized spacial score (nSPS) is 18.5. The monoisotopic (exact) mass is 489 g/mol. The average molecular weight is 490 g/mol. The average Bonchev–Trinajstić information content (AvgIpc) is 3.24. The van der Waals surface area contributed by atoms with Crippen molar-refractivity contribution in [1.29, 1.82) is 0 Å². The molecule has 1 atom stereocenters. The van der Waals surface area contributed by atoms with Crippen molar-refractivity contribution < 1.29 is 27.6 Å². The first-order valence-electron chi connectivity index (χ1n) is 12.5. The highest BCUT2D eigenvalue weighted by molar-refractivity contribution is 6.01. The van der Waals surface area contributed by atoms with Crippen LogP contribution >= 0.6 is 0 Å². The van der Waals surface area contributed by atoms with Crippen LogP contribution < -0.4 is 10.2 Å². The van der Waals surface area contributed by atoms with Gasteiger partial charge in [-0.15, -0.1) is 0 Å².